The molecule has 1 rings (SSSR count). The van der Waals surface area contributed by atoms with E-state index in [0.717, 1.165) is 25.7 Å². The minimum Gasteiger partial charge on any atom is -0.365 e. The van der Waals surface area contributed by atoms with Gasteiger partial charge < -0.3 is 16.4 Å². The average Bonchev–Trinajstić information content (AvgIpc) is 2.80. The van der Waals surface area contributed by atoms with Crippen molar-refractivity contribution in [3.05, 3.63) is 46.0 Å². The Morgan fingerprint density at radius 2 is 1.72 bits per heavy atom. The van der Waals surface area contributed by atoms with Gasteiger partial charge in [0, 0.05) is 31.4 Å². The van der Waals surface area contributed by atoms with Crippen molar-refractivity contribution in [1.29, 1.82) is 0 Å². The third-order valence-electron chi connectivity index (χ3n) is 5.51. The standard InChI is InChI=1S/C25H40N6O5/c1-4-17-25(29-24(26)30-31(35)36,23(34)27-18-16-19(2)3)28-22(33)15-11-6-5-10-14-21(32)20-12-8-7-9-13-20/h7-9,12-13,19H,4-6,10-11,14-18H2,1-3H3,(H,27,34)(H,28,33)(H3,26,29,30)/t25-/m1/s1. The smallest absolute Gasteiger partial charge is 0.268 e. The number of amides is 2. The highest BCUT2D eigenvalue weighted by Crippen LogP contribution is 2.18. The van der Waals surface area contributed by atoms with Crippen LogP contribution in [0.3, 0.4) is 0 Å². The largest absolute Gasteiger partial charge is 0.365 e. The second-order valence-electron chi connectivity index (χ2n) is 9.17. The molecule has 36 heavy (non-hydrogen) atoms. The van der Waals surface area contributed by atoms with E-state index in [0.29, 0.717) is 37.3 Å². The van der Waals surface area contributed by atoms with Gasteiger partial charge in [0.05, 0.1) is 0 Å². The summed E-state index contributed by atoms with van der Waals surface area (Å²) in [4.78, 5) is 52.8. The number of carbonyl (C=O) groups is 3. The van der Waals surface area contributed by atoms with Crippen molar-refractivity contribution in [2.24, 2.45) is 16.6 Å². The minimum absolute atomic E-state index is 0.0972. The number of nitro groups is 1. The number of hydrogen-bond donors (Lipinski definition) is 4. The maximum Gasteiger partial charge on any atom is 0.268 e. The van der Waals surface area contributed by atoms with Crippen LogP contribution in [-0.4, -0.2) is 40.8 Å². The zero-order chi connectivity index (χ0) is 27.0. The van der Waals surface area contributed by atoms with Crippen LogP contribution in [0.25, 0.3) is 0 Å². The fraction of sp³-hybridized carbons (Fsp3) is 0.600. The molecule has 0 aliphatic carbocycles. The molecular weight excluding hydrogens is 464 g/mol. The fourth-order valence-electron chi connectivity index (χ4n) is 3.66. The summed E-state index contributed by atoms with van der Waals surface area (Å²) in [5.41, 5.74) is 6.32. The third-order valence-corrected chi connectivity index (χ3v) is 5.51. The molecule has 1 aromatic carbocycles. The van der Waals surface area contributed by atoms with E-state index in [9.17, 15) is 24.5 Å². The second kappa shape index (κ2) is 16.2. The van der Waals surface area contributed by atoms with Gasteiger partial charge >= 0.3 is 0 Å². The maximum absolute atomic E-state index is 13.1. The van der Waals surface area contributed by atoms with Crippen molar-refractivity contribution in [2.75, 3.05) is 6.54 Å². The van der Waals surface area contributed by atoms with Gasteiger partial charge in [0.2, 0.25) is 11.6 Å². The SMILES string of the molecule is CCC[C@](N=C(N)N[N+](=O)[O-])(NC(=O)CCCCCCC(=O)c1ccccc1)C(=O)NCCC(C)C. The van der Waals surface area contributed by atoms with Crippen LogP contribution in [0.1, 0.15) is 88.9 Å². The average molecular weight is 505 g/mol. The van der Waals surface area contributed by atoms with Gasteiger partial charge in [-0.25, -0.2) is 15.1 Å². The Morgan fingerprint density at radius 3 is 2.31 bits per heavy atom. The summed E-state index contributed by atoms with van der Waals surface area (Å²) in [6.07, 6.45) is 4.73. The van der Waals surface area contributed by atoms with E-state index in [4.69, 9.17) is 5.73 Å². The van der Waals surface area contributed by atoms with Crippen LogP contribution >= 0.6 is 0 Å². The van der Waals surface area contributed by atoms with Crippen molar-refractivity contribution in [3.8, 4) is 0 Å². The Bertz CT molecular complexity index is 890. The predicted octanol–water partition coefficient (Wildman–Crippen LogP) is 3.08. The van der Waals surface area contributed by atoms with Crippen LogP contribution in [0.2, 0.25) is 0 Å². The molecule has 0 aliphatic rings. The van der Waals surface area contributed by atoms with E-state index in [-0.39, 0.29) is 18.6 Å². The molecule has 0 aliphatic heterocycles. The molecule has 11 heteroatoms. The number of nitrogens with zero attached hydrogens (tertiary/aromatic N) is 2. The summed E-state index contributed by atoms with van der Waals surface area (Å²) in [5, 5.41) is 15.3. The summed E-state index contributed by atoms with van der Waals surface area (Å²) in [6, 6.07) is 9.13. The maximum atomic E-state index is 13.1. The van der Waals surface area contributed by atoms with Crippen molar-refractivity contribution in [1.82, 2.24) is 16.1 Å². The Kier molecular flexibility index (Phi) is 13.8. The molecule has 0 heterocycles. The van der Waals surface area contributed by atoms with Crippen LogP contribution in [-0.2, 0) is 9.59 Å². The predicted molar refractivity (Wildman–Crippen MR) is 138 cm³/mol. The summed E-state index contributed by atoms with van der Waals surface area (Å²) in [6.45, 7) is 6.22. The number of nitrogens with one attached hydrogen (secondary N) is 3. The lowest BCUT2D eigenvalue weighted by Crippen LogP contribution is -2.59. The first-order valence-corrected chi connectivity index (χ1v) is 12.5. The zero-order valence-corrected chi connectivity index (χ0v) is 21.5. The molecule has 0 aromatic heterocycles. The van der Waals surface area contributed by atoms with Crippen molar-refractivity contribution in [3.63, 3.8) is 0 Å². The first kappa shape index (κ1) is 30.5. The topological polar surface area (TPSA) is 169 Å². The summed E-state index contributed by atoms with van der Waals surface area (Å²) in [7, 11) is 0. The minimum atomic E-state index is -1.75. The van der Waals surface area contributed by atoms with Crippen LogP contribution in [0.5, 0.6) is 0 Å². The molecule has 0 radical (unpaired) electrons. The van der Waals surface area contributed by atoms with Gasteiger partial charge in [-0.05, 0) is 25.2 Å². The number of hydrogen-bond acceptors (Lipinski definition) is 6. The van der Waals surface area contributed by atoms with E-state index in [2.05, 4.69) is 15.6 Å². The number of hydrazine groups is 1. The molecule has 0 bridgehead atoms. The molecule has 0 spiro atoms. The molecule has 0 fully saturated rings. The van der Waals surface area contributed by atoms with Crippen LogP contribution in [0.4, 0.5) is 0 Å². The van der Waals surface area contributed by atoms with Gasteiger partial charge in [0.1, 0.15) is 0 Å². The number of carbonyl (C=O) groups excluding carboxylic acids is 3. The molecule has 5 N–H and O–H groups in total. The van der Waals surface area contributed by atoms with E-state index < -0.39 is 28.5 Å². The Labute approximate surface area is 212 Å². The number of aliphatic imine (C=N–C) groups is 1. The molecular formula is C25H40N6O5. The van der Waals surface area contributed by atoms with E-state index in [1.54, 1.807) is 17.6 Å². The van der Waals surface area contributed by atoms with Gasteiger partial charge in [0.25, 0.3) is 11.9 Å². The first-order valence-electron chi connectivity index (χ1n) is 12.5. The number of guanidine groups is 1. The molecule has 2 amide bonds. The molecule has 200 valence electrons. The summed E-state index contributed by atoms with van der Waals surface area (Å²) >= 11 is 0. The summed E-state index contributed by atoms with van der Waals surface area (Å²) in [5.74, 6) is -1.09. The summed E-state index contributed by atoms with van der Waals surface area (Å²) < 4.78 is 0. The number of Topliss-reactive ketones (excluding diaryl/α,β-unsaturated/α-hetero) is 1. The molecule has 0 unspecified atom stereocenters. The lowest BCUT2D eigenvalue weighted by Gasteiger charge is -2.30. The van der Waals surface area contributed by atoms with Gasteiger partial charge in [-0.2, -0.15) is 0 Å². The number of rotatable bonds is 17. The first-order chi connectivity index (χ1) is 17.1. The van der Waals surface area contributed by atoms with Crippen LogP contribution in [0.15, 0.2) is 35.3 Å². The normalized spacial score (nSPS) is 13.1. The van der Waals surface area contributed by atoms with Gasteiger partial charge in [-0.15, -0.1) is 0 Å². The number of benzene rings is 1. The molecule has 11 nitrogen and oxygen atoms in total. The zero-order valence-electron chi connectivity index (χ0n) is 21.5. The fourth-order valence-corrected chi connectivity index (χ4v) is 3.66. The van der Waals surface area contributed by atoms with Crippen molar-refractivity contribution in [2.45, 2.75) is 84.2 Å². The Morgan fingerprint density at radius 1 is 1.08 bits per heavy atom. The van der Waals surface area contributed by atoms with Crippen LogP contribution in [0, 0.1) is 16.0 Å². The quantitative estimate of drug-likeness (QED) is 0.0631. The van der Waals surface area contributed by atoms with Crippen molar-refractivity contribution < 1.29 is 19.4 Å². The van der Waals surface area contributed by atoms with E-state index in [1.807, 2.05) is 39.0 Å². The van der Waals surface area contributed by atoms with Gasteiger partial charge in [0.15, 0.2) is 10.8 Å². The third kappa shape index (κ3) is 11.8. The lowest BCUT2D eigenvalue weighted by atomic mass is 10.0. The second-order valence-corrected chi connectivity index (χ2v) is 9.17. The molecule has 1 aromatic rings. The number of nitrogens with two attached hydrogens (primary N) is 1. The molecule has 0 saturated carbocycles. The van der Waals surface area contributed by atoms with Gasteiger partial charge in [-0.3, -0.25) is 14.4 Å². The van der Waals surface area contributed by atoms with Crippen LogP contribution < -0.4 is 21.8 Å². The highest BCUT2D eigenvalue weighted by Gasteiger charge is 2.39. The Hall–Kier alpha value is -3.50. The van der Waals surface area contributed by atoms with E-state index >= 15 is 0 Å². The van der Waals surface area contributed by atoms with Gasteiger partial charge in [-0.1, -0.05) is 75.8 Å². The molecule has 1 atom stereocenters. The highest BCUT2D eigenvalue weighted by atomic mass is 16.7. The number of unbranched alkanes of at least 4 members (excludes halogenated alkanes) is 3. The monoisotopic (exact) mass is 504 g/mol. The highest BCUT2D eigenvalue weighted by molar-refractivity contribution is 5.96. The van der Waals surface area contributed by atoms with E-state index in [1.165, 1.54) is 0 Å². The lowest BCUT2D eigenvalue weighted by molar-refractivity contribution is -0.525. The Balaban J connectivity index is 2.69. The molecule has 0 saturated heterocycles. The van der Waals surface area contributed by atoms with Crippen molar-refractivity contribution >= 4 is 23.6 Å². The number of ketones is 1.